The Labute approximate surface area is 185 Å². The second-order valence-corrected chi connectivity index (χ2v) is 9.85. The molecule has 1 aliphatic heterocycles. The van der Waals surface area contributed by atoms with E-state index in [1.807, 2.05) is 53.3 Å². The van der Waals surface area contributed by atoms with Gasteiger partial charge in [0.2, 0.25) is 5.91 Å². The SMILES string of the molecule is CC(C)CCN1C(=O)c2cc3ccsc3n2CC1(C)C(=O)NCc1ccc(Cl)cc1. The summed E-state index contributed by atoms with van der Waals surface area (Å²) < 4.78 is 2.01. The largest absolute Gasteiger partial charge is 0.350 e. The summed E-state index contributed by atoms with van der Waals surface area (Å²) in [6.45, 7) is 7.54. The quantitative estimate of drug-likeness (QED) is 0.587. The zero-order chi connectivity index (χ0) is 21.5. The molecule has 1 N–H and O–H groups in total. The fourth-order valence-corrected chi connectivity index (χ4v) is 4.99. The number of carbonyl (C=O) groups is 2. The van der Waals surface area contributed by atoms with Crippen LogP contribution in [0.1, 0.15) is 43.2 Å². The molecule has 1 atom stereocenters. The van der Waals surface area contributed by atoms with Gasteiger partial charge < -0.3 is 14.8 Å². The molecule has 3 aromatic rings. The Morgan fingerprint density at radius 2 is 2.00 bits per heavy atom. The van der Waals surface area contributed by atoms with E-state index < -0.39 is 5.54 Å². The van der Waals surface area contributed by atoms with E-state index in [9.17, 15) is 9.59 Å². The summed E-state index contributed by atoms with van der Waals surface area (Å²) in [5.74, 6) is 0.226. The van der Waals surface area contributed by atoms with Crippen molar-refractivity contribution in [3.63, 3.8) is 0 Å². The van der Waals surface area contributed by atoms with Crippen molar-refractivity contribution in [3.05, 3.63) is 58.1 Å². The molecular formula is C23H26ClN3O2S. The molecule has 0 saturated carbocycles. The van der Waals surface area contributed by atoms with E-state index in [0.29, 0.717) is 36.3 Å². The summed E-state index contributed by atoms with van der Waals surface area (Å²) in [7, 11) is 0. The van der Waals surface area contributed by atoms with E-state index >= 15 is 0 Å². The number of thiophene rings is 1. The Hall–Kier alpha value is -2.31. The number of benzene rings is 1. The van der Waals surface area contributed by atoms with Crippen molar-refractivity contribution in [2.24, 2.45) is 5.92 Å². The predicted molar refractivity (Wildman–Crippen MR) is 122 cm³/mol. The third kappa shape index (κ3) is 3.74. The Morgan fingerprint density at radius 1 is 1.27 bits per heavy atom. The molecule has 0 bridgehead atoms. The van der Waals surface area contributed by atoms with Crippen LogP contribution in [-0.4, -0.2) is 33.4 Å². The smallest absolute Gasteiger partial charge is 0.271 e. The Balaban J connectivity index is 1.64. The van der Waals surface area contributed by atoms with Crippen LogP contribution in [0.2, 0.25) is 5.02 Å². The molecule has 0 saturated heterocycles. The van der Waals surface area contributed by atoms with Crippen molar-refractivity contribution in [1.29, 1.82) is 0 Å². The van der Waals surface area contributed by atoms with Crippen LogP contribution in [-0.2, 0) is 17.9 Å². The molecule has 3 heterocycles. The van der Waals surface area contributed by atoms with Crippen LogP contribution in [0.4, 0.5) is 0 Å². The minimum Gasteiger partial charge on any atom is -0.350 e. The summed E-state index contributed by atoms with van der Waals surface area (Å²) in [5.41, 5.74) is 0.680. The second kappa shape index (κ2) is 8.08. The lowest BCUT2D eigenvalue weighted by Gasteiger charge is -2.44. The van der Waals surface area contributed by atoms with Crippen molar-refractivity contribution in [2.45, 2.75) is 45.8 Å². The van der Waals surface area contributed by atoms with E-state index in [-0.39, 0.29) is 11.8 Å². The number of carbonyl (C=O) groups excluding carboxylic acids is 2. The maximum Gasteiger partial charge on any atom is 0.271 e. The van der Waals surface area contributed by atoms with E-state index in [1.165, 1.54) is 0 Å². The summed E-state index contributed by atoms with van der Waals surface area (Å²) >= 11 is 7.56. The molecule has 1 aromatic carbocycles. The van der Waals surface area contributed by atoms with E-state index in [0.717, 1.165) is 22.2 Å². The molecule has 158 valence electrons. The van der Waals surface area contributed by atoms with Crippen LogP contribution in [0.25, 0.3) is 10.2 Å². The molecule has 1 aliphatic rings. The average Bonchev–Trinajstić information content (AvgIpc) is 3.29. The van der Waals surface area contributed by atoms with Gasteiger partial charge in [0, 0.05) is 23.5 Å². The van der Waals surface area contributed by atoms with Gasteiger partial charge in [-0.05, 0) is 54.5 Å². The first-order valence-corrected chi connectivity index (χ1v) is 11.5. The van der Waals surface area contributed by atoms with Crippen molar-refractivity contribution in [3.8, 4) is 0 Å². The van der Waals surface area contributed by atoms with Crippen LogP contribution in [0, 0.1) is 5.92 Å². The molecule has 7 heteroatoms. The van der Waals surface area contributed by atoms with Gasteiger partial charge >= 0.3 is 0 Å². The third-order valence-electron chi connectivity index (χ3n) is 5.81. The lowest BCUT2D eigenvalue weighted by atomic mass is 9.93. The lowest BCUT2D eigenvalue weighted by molar-refractivity contribution is -0.133. The molecule has 2 aromatic heterocycles. The van der Waals surface area contributed by atoms with Crippen molar-refractivity contribution in [1.82, 2.24) is 14.8 Å². The van der Waals surface area contributed by atoms with Crippen LogP contribution in [0.3, 0.4) is 0 Å². The molecule has 0 radical (unpaired) electrons. The number of amides is 2. The number of aromatic nitrogens is 1. The number of nitrogens with zero attached hydrogens (tertiary/aromatic N) is 2. The highest BCUT2D eigenvalue weighted by Gasteiger charge is 2.47. The van der Waals surface area contributed by atoms with Gasteiger partial charge in [-0.3, -0.25) is 9.59 Å². The van der Waals surface area contributed by atoms with Crippen molar-refractivity contribution < 1.29 is 9.59 Å². The molecule has 30 heavy (non-hydrogen) atoms. The van der Waals surface area contributed by atoms with Gasteiger partial charge in [0.15, 0.2) is 0 Å². The van der Waals surface area contributed by atoms with Gasteiger partial charge in [0.1, 0.15) is 16.1 Å². The third-order valence-corrected chi connectivity index (χ3v) is 7.02. The number of hydrogen-bond acceptors (Lipinski definition) is 3. The molecule has 0 spiro atoms. The number of halogens is 1. The Bertz CT molecular complexity index is 1090. The van der Waals surface area contributed by atoms with Gasteiger partial charge in [-0.15, -0.1) is 11.3 Å². The number of rotatable bonds is 6. The van der Waals surface area contributed by atoms with Gasteiger partial charge in [-0.1, -0.05) is 37.6 Å². The molecule has 4 rings (SSSR count). The fraction of sp³-hybridized carbons (Fsp3) is 0.391. The second-order valence-electron chi connectivity index (χ2n) is 8.52. The molecule has 0 fully saturated rings. The summed E-state index contributed by atoms with van der Waals surface area (Å²) in [4.78, 5) is 29.7. The molecule has 2 amide bonds. The Kier molecular flexibility index (Phi) is 5.64. The number of hydrogen-bond donors (Lipinski definition) is 1. The van der Waals surface area contributed by atoms with Crippen LogP contribution in [0.15, 0.2) is 41.8 Å². The zero-order valence-electron chi connectivity index (χ0n) is 17.4. The molecular weight excluding hydrogens is 418 g/mol. The van der Waals surface area contributed by atoms with Crippen LogP contribution in [0.5, 0.6) is 0 Å². The predicted octanol–water partition coefficient (Wildman–Crippen LogP) is 4.93. The highest BCUT2D eigenvalue weighted by atomic mass is 35.5. The first-order chi connectivity index (χ1) is 14.3. The summed E-state index contributed by atoms with van der Waals surface area (Å²) in [6, 6.07) is 11.4. The minimum atomic E-state index is -0.957. The minimum absolute atomic E-state index is 0.0746. The number of nitrogens with one attached hydrogen (secondary N) is 1. The van der Waals surface area contributed by atoms with Crippen molar-refractivity contribution >= 4 is 45.0 Å². The van der Waals surface area contributed by atoms with E-state index in [2.05, 4.69) is 19.2 Å². The highest BCUT2D eigenvalue weighted by Crippen LogP contribution is 2.34. The van der Waals surface area contributed by atoms with Gasteiger partial charge in [0.25, 0.3) is 5.91 Å². The summed E-state index contributed by atoms with van der Waals surface area (Å²) in [6.07, 6.45) is 0.848. The molecule has 1 unspecified atom stereocenters. The van der Waals surface area contributed by atoms with Crippen LogP contribution >= 0.6 is 22.9 Å². The van der Waals surface area contributed by atoms with Crippen molar-refractivity contribution in [2.75, 3.05) is 6.54 Å². The number of fused-ring (bicyclic) bond motifs is 3. The zero-order valence-corrected chi connectivity index (χ0v) is 19.0. The lowest BCUT2D eigenvalue weighted by Crippen LogP contribution is -2.64. The molecule has 5 nitrogen and oxygen atoms in total. The van der Waals surface area contributed by atoms with E-state index in [1.54, 1.807) is 16.2 Å². The van der Waals surface area contributed by atoms with Crippen LogP contribution < -0.4 is 5.32 Å². The maximum absolute atomic E-state index is 13.4. The maximum atomic E-state index is 13.4. The van der Waals surface area contributed by atoms with E-state index in [4.69, 9.17) is 11.6 Å². The Morgan fingerprint density at radius 3 is 2.70 bits per heavy atom. The molecule has 0 aliphatic carbocycles. The van der Waals surface area contributed by atoms with Gasteiger partial charge in [0.05, 0.1) is 6.54 Å². The summed E-state index contributed by atoms with van der Waals surface area (Å²) in [5, 5.41) is 6.78. The van der Waals surface area contributed by atoms with Gasteiger partial charge in [-0.25, -0.2) is 0 Å². The standard InChI is InChI=1S/C23H26ClN3O2S/c1-15(2)8-10-27-20(28)19-12-17-9-11-30-21(17)26(19)14-23(27,3)22(29)25-13-16-4-6-18(24)7-5-16/h4-7,9,11-12,15H,8,10,13-14H2,1-3H3,(H,25,29). The first-order valence-electron chi connectivity index (χ1n) is 10.2. The van der Waals surface area contributed by atoms with Gasteiger partial charge in [-0.2, -0.15) is 0 Å². The monoisotopic (exact) mass is 443 g/mol. The normalized spacial score (nSPS) is 18.8. The fourth-order valence-electron chi connectivity index (χ4n) is 3.97. The highest BCUT2D eigenvalue weighted by molar-refractivity contribution is 7.16. The topological polar surface area (TPSA) is 54.3 Å². The first kappa shape index (κ1) is 20.9. The average molecular weight is 444 g/mol.